The van der Waals surface area contributed by atoms with E-state index in [1.807, 2.05) is 0 Å². The van der Waals surface area contributed by atoms with Gasteiger partial charge in [0.2, 0.25) is 5.91 Å². The molecule has 0 radical (unpaired) electrons. The standard InChI is InChI=1S/C13H12Cl2N2O2/c14-7-1-2-8(9(15)5-7)11-3-4-12(19-11)10(16)6-13(17)18/h1-5,10H,6,16H2,(H2,17,18). The van der Waals surface area contributed by atoms with Gasteiger partial charge in [0, 0.05) is 17.0 Å². The maximum absolute atomic E-state index is 10.8. The van der Waals surface area contributed by atoms with Gasteiger partial charge in [-0.25, -0.2) is 0 Å². The molecular weight excluding hydrogens is 287 g/mol. The fourth-order valence-corrected chi connectivity index (χ4v) is 2.21. The number of halogens is 2. The Hall–Kier alpha value is -1.49. The molecule has 1 heterocycles. The summed E-state index contributed by atoms with van der Waals surface area (Å²) < 4.78 is 5.59. The third-order valence-electron chi connectivity index (χ3n) is 2.61. The third kappa shape index (κ3) is 3.29. The Morgan fingerprint density at radius 3 is 2.63 bits per heavy atom. The van der Waals surface area contributed by atoms with Crippen LogP contribution in [-0.2, 0) is 4.79 Å². The van der Waals surface area contributed by atoms with Crippen LogP contribution in [0.4, 0.5) is 0 Å². The second-order valence-corrected chi connectivity index (χ2v) is 4.95. The van der Waals surface area contributed by atoms with E-state index in [0.29, 0.717) is 27.1 Å². The molecule has 0 spiro atoms. The SMILES string of the molecule is NC(=O)CC(N)c1ccc(-c2ccc(Cl)cc2Cl)o1. The second kappa shape index (κ2) is 5.65. The van der Waals surface area contributed by atoms with E-state index in [-0.39, 0.29) is 6.42 Å². The Morgan fingerprint density at radius 1 is 1.26 bits per heavy atom. The molecule has 19 heavy (non-hydrogen) atoms. The number of carbonyl (C=O) groups excluding carboxylic acids is 1. The van der Waals surface area contributed by atoms with Crippen molar-refractivity contribution >= 4 is 29.1 Å². The molecule has 0 saturated carbocycles. The lowest BCUT2D eigenvalue weighted by Crippen LogP contribution is -2.20. The van der Waals surface area contributed by atoms with Crippen LogP contribution in [0.2, 0.25) is 10.0 Å². The summed E-state index contributed by atoms with van der Waals surface area (Å²) in [5.74, 6) is 0.575. The predicted octanol–water partition coefficient (Wildman–Crippen LogP) is 3.13. The average molecular weight is 299 g/mol. The number of benzene rings is 1. The maximum atomic E-state index is 10.8. The van der Waals surface area contributed by atoms with Crippen LogP contribution in [-0.4, -0.2) is 5.91 Å². The van der Waals surface area contributed by atoms with Crippen LogP contribution in [0, 0.1) is 0 Å². The first kappa shape index (κ1) is 13.9. The number of amides is 1. The number of nitrogens with two attached hydrogens (primary N) is 2. The molecule has 0 saturated heterocycles. The number of furan rings is 1. The zero-order valence-corrected chi connectivity index (χ0v) is 11.4. The van der Waals surface area contributed by atoms with Gasteiger partial charge in [-0.2, -0.15) is 0 Å². The van der Waals surface area contributed by atoms with Gasteiger partial charge in [0.05, 0.1) is 11.1 Å². The summed E-state index contributed by atoms with van der Waals surface area (Å²) >= 11 is 11.9. The van der Waals surface area contributed by atoms with Crippen LogP contribution in [0.1, 0.15) is 18.2 Å². The van der Waals surface area contributed by atoms with Gasteiger partial charge in [-0.3, -0.25) is 4.79 Å². The minimum Gasteiger partial charge on any atom is -0.459 e. The Bertz CT molecular complexity index is 610. The normalized spacial score (nSPS) is 12.4. The summed E-state index contributed by atoms with van der Waals surface area (Å²) in [6, 6.07) is 7.99. The van der Waals surface area contributed by atoms with Crippen molar-refractivity contribution in [2.45, 2.75) is 12.5 Å². The van der Waals surface area contributed by atoms with Crippen molar-refractivity contribution in [3.63, 3.8) is 0 Å². The molecule has 0 fully saturated rings. The molecule has 2 aromatic rings. The first-order valence-electron chi connectivity index (χ1n) is 5.56. The van der Waals surface area contributed by atoms with Crippen molar-refractivity contribution in [3.8, 4) is 11.3 Å². The lowest BCUT2D eigenvalue weighted by Gasteiger charge is -2.06. The minimum atomic E-state index is -0.558. The van der Waals surface area contributed by atoms with Gasteiger partial charge in [-0.05, 0) is 30.3 Å². The van der Waals surface area contributed by atoms with Crippen molar-refractivity contribution < 1.29 is 9.21 Å². The zero-order chi connectivity index (χ0) is 14.0. The molecule has 1 aromatic carbocycles. The third-order valence-corrected chi connectivity index (χ3v) is 3.16. The Kier molecular flexibility index (Phi) is 4.14. The van der Waals surface area contributed by atoms with Crippen LogP contribution in [0.25, 0.3) is 11.3 Å². The number of hydrogen-bond donors (Lipinski definition) is 2. The number of carbonyl (C=O) groups is 1. The Labute approximate surface area is 120 Å². The lowest BCUT2D eigenvalue weighted by atomic mass is 10.1. The van der Waals surface area contributed by atoms with Crippen molar-refractivity contribution in [1.29, 1.82) is 0 Å². The van der Waals surface area contributed by atoms with Gasteiger partial charge < -0.3 is 15.9 Å². The molecule has 100 valence electrons. The largest absolute Gasteiger partial charge is 0.459 e. The van der Waals surface area contributed by atoms with E-state index in [2.05, 4.69) is 0 Å². The molecule has 0 aliphatic heterocycles. The summed E-state index contributed by atoms with van der Waals surface area (Å²) in [5.41, 5.74) is 11.6. The molecule has 1 amide bonds. The van der Waals surface area contributed by atoms with Crippen molar-refractivity contribution in [3.05, 3.63) is 46.1 Å². The molecule has 6 heteroatoms. The second-order valence-electron chi connectivity index (χ2n) is 4.10. The van der Waals surface area contributed by atoms with E-state index in [1.165, 1.54) is 0 Å². The summed E-state index contributed by atoms with van der Waals surface area (Å²) in [6.07, 6.45) is 0.0291. The topological polar surface area (TPSA) is 82.2 Å². The molecular formula is C13H12Cl2N2O2. The summed E-state index contributed by atoms with van der Waals surface area (Å²) in [5, 5.41) is 1.03. The average Bonchev–Trinajstić information content (AvgIpc) is 2.77. The maximum Gasteiger partial charge on any atom is 0.219 e. The quantitative estimate of drug-likeness (QED) is 0.910. The number of rotatable bonds is 4. The highest BCUT2D eigenvalue weighted by atomic mass is 35.5. The fraction of sp³-hybridized carbons (Fsp3) is 0.154. The van der Waals surface area contributed by atoms with Gasteiger partial charge in [-0.1, -0.05) is 23.2 Å². The van der Waals surface area contributed by atoms with E-state index in [1.54, 1.807) is 30.3 Å². The van der Waals surface area contributed by atoms with E-state index in [4.69, 9.17) is 39.1 Å². The molecule has 1 atom stereocenters. The van der Waals surface area contributed by atoms with Crippen LogP contribution in [0.15, 0.2) is 34.7 Å². The van der Waals surface area contributed by atoms with Gasteiger partial charge in [0.15, 0.2) is 0 Å². The Balaban J connectivity index is 2.28. The molecule has 0 aliphatic rings. The lowest BCUT2D eigenvalue weighted by molar-refractivity contribution is -0.118. The number of hydrogen-bond acceptors (Lipinski definition) is 3. The van der Waals surface area contributed by atoms with Crippen molar-refractivity contribution in [1.82, 2.24) is 0 Å². The molecule has 1 aromatic heterocycles. The highest BCUT2D eigenvalue weighted by molar-refractivity contribution is 6.36. The van der Waals surface area contributed by atoms with E-state index >= 15 is 0 Å². The zero-order valence-electron chi connectivity index (χ0n) is 9.90. The Morgan fingerprint density at radius 2 is 2.00 bits per heavy atom. The molecule has 1 unspecified atom stereocenters. The van der Waals surface area contributed by atoms with Crippen molar-refractivity contribution in [2.75, 3.05) is 0 Å². The minimum absolute atomic E-state index is 0.0291. The van der Waals surface area contributed by atoms with Gasteiger partial charge in [0.25, 0.3) is 0 Å². The van der Waals surface area contributed by atoms with Gasteiger partial charge >= 0.3 is 0 Å². The first-order chi connectivity index (χ1) is 8.97. The van der Waals surface area contributed by atoms with E-state index < -0.39 is 11.9 Å². The molecule has 0 bridgehead atoms. The van der Waals surface area contributed by atoms with Crippen molar-refractivity contribution in [2.24, 2.45) is 11.5 Å². The van der Waals surface area contributed by atoms with Gasteiger partial charge in [-0.15, -0.1) is 0 Å². The summed E-state index contributed by atoms with van der Waals surface area (Å²) in [7, 11) is 0. The van der Waals surface area contributed by atoms with Crippen LogP contribution in [0.5, 0.6) is 0 Å². The number of primary amides is 1. The summed E-state index contributed by atoms with van der Waals surface area (Å²) in [6.45, 7) is 0. The molecule has 2 rings (SSSR count). The molecule has 0 aliphatic carbocycles. The van der Waals surface area contributed by atoms with Gasteiger partial charge in [0.1, 0.15) is 11.5 Å². The van der Waals surface area contributed by atoms with E-state index in [9.17, 15) is 4.79 Å². The first-order valence-corrected chi connectivity index (χ1v) is 6.32. The predicted molar refractivity (Wildman–Crippen MR) is 74.9 cm³/mol. The van der Waals surface area contributed by atoms with E-state index in [0.717, 1.165) is 0 Å². The smallest absolute Gasteiger partial charge is 0.219 e. The highest BCUT2D eigenvalue weighted by Gasteiger charge is 2.15. The molecule has 4 nitrogen and oxygen atoms in total. The monoisotopic (exact) mass is 298 g/mol. The van der Waals surface area contributed by atoms with Crippen LogP contribution >= 0.6 is 23.2 Å². The fourth-order valence-electron chi connectivity index (χ4n) is 1.70. The summed E-state index contributed by atoms with van der Waals surface area (Å²) in [4.78, 5) is 10.8. The van der Waals surface area contributed by atoms with Crippen LogP contribution < -0.4 is 11.5 Å². The molecule has 4 N–H and O–H groups in total. The van der Waals surface area contributed by atoms with Crippen LogP contribution in [0.3, 0.4) is 0 Å². The highest BCUT2D eigenvalue weighted by Crippen LogP contribution is 2.32.